The number of nitro groups is 1. The standard InChI is InChI=1S/C12H17N3O4S.ClH/c1-9-11(15(16)17)5-2-6-12(9)20(18,19)14-7-3-4-10(13)8-14;/h2,5-6,10H,3-4,7-8,13H2,1H3;1H. The molecule has 1 unspecified atom stereocenters. The van der Waals surface area contributed by atoms with E-state index in [9.17, 15) is 18.5 Å². The first kappa shape index (κ1) is 17.8. The predicted octanol–water partition coefficient (Wildman–Crippen LogP) is 1.44. The van der Waals surface area contributed by atoms with Crippen LogP contribution in [0.15, 0.2) is 23.1 Å². The van der Waals surface area contributed by atoms with Crippen LogP contribution in [0.5, 0.6) is 0 Å². The van der Waals surface area contributed by atoms with E-state index in [4.69, 9.17) is 5.73 Å². The molecule has 21 heavy (non-hydrogen) atoms. The second-order valence-electron chi connectivity index (χ2n) is 4.92. The maximum Gasteiger partial charge on any atom is 0.273 e. The number of rotatable bonds is 3. The molecule has 9 heteroatoms. The van der Waals surface area contributed by atoms with Gasteiger partial charge in [-0.15, -0.1) is 12.4 Å². The first-order chi connectivity index (χ1) is 9.34. The lowest BCUT2D eigenvalue weighted by Crippen LogP contribution is -2.45. The Labute approximate surface area is 129 Å². The molecular formula is C12H18ClN3O4S. The van der Waals surface area contributed by atoms with Crippen LogP contribution in [0.25, 0.3) is 0 Å². The summed E-state index contributed by atoms with van der Waals surface area (Å²) < 4.78 is 26.5. The van der Waals surface area contributed by atoms with E-state index in [1.165, 1.54) is 29.4 Å². The highest BCUT2D eigenvalue weighted by Crippen LogP contribution is 2.28. The summed E-state index contributed by atoms with van der Waals surface area (Å²) >= 11 is 0. The van der Waals surface area contributed by atoms with Crippen molar-refractivity contribution in [2.75, 3.05) is 13.1 Å². The summed E-state index contributed by atoms with van der Waals surface area (Å²) in [5.41, 5.74) is 5.78. The van der Waals surface area contributed by atoms with Gasteiger partial charge in [0.15, 0.2) is 0 Å². The first-order valence-corrected chi connectivity index (χ1v) is 7.78. The van der Waals surface area contributed by atoms with E-state index < -0.39 is 14.9 Å². The molecule has 0 spiro atoms. The Kier molecular flexibility index (Phi) is 5.68. The van der Waals surface area contributed by atoms with Gasteiger partial charge < -0.3 is 5.73 Å². The second-order valence-corrected chi connectivity index (χ2v) is 6.83. The third-order valence-electron chi connectivity index (χ3n) is 3.49. The molecule has 2 rings (SSSR count). The molecule has 1 aliphatic heterocycles. The minimum atomic E-state index is -3.73. The number of nitrogens with two attached hydrogens (primary N) is 1. The minimum absolute atomic E-state index is 0. The summed E-state index contributed by atoms with van der Waals surface area (Å²) in [5.74, 6) is 0. The highest BCUT2D eigenvalue weighted by Gasteiger charge is 2.31. The zero-order valence-corrected chi connectivity index (χ0v) is 13.2. The van der Waals surface area contributed by atoms with Crippen molar-refractivity contribution in [3.05, 3.63) is 33.9 Å². The van der Waals surface area contributed by atoms with Crippen LogP contribution in [-0.4, -0.2) is 36.8 Å². The highest BCUT2D eigenvalue weighted by molar-refractivity contribution is 7.89. The lowest BCUT2D eigenvalue weighted by atomic mass is 10.1. The molecule has 1 aliphatic rings. The van der Waals surface area contributed by atoms with Crippen LogP contribution in [0.2, 0.25) is 0 Å². The van der Waals surface area contributed by atoms with Crippen molar-refractivity contribution < 1.29 is 13.3 Å². The van der Waals surface area contributed by atoms with Gasteiger partial charge in [-0.05, 0) is 25.8 Å². The van der Waals surface area contributed by atoms with Crippen molar-refractivity contribution >= 4 is 28.1 Å². The molecule has 2 N–H and O–H groups in total. The van der Waals surface area contributed by atoms with Gasteiger partial charge in [0.2, 0.25) is 10.0 Å². The average Bonchev–Trinajstić information content (AvgIpc) is 2.38. The summed E-state index contributed by atoms with van der Waals surface area (Å²) in [7, 11) is -3.73. The number of halogens is 1. The van der Waals surface area contributed by atoms with E-state index in [1.54, 1.807) is 0 Å². The molecule has 1 aromatic carbocycles. The first-order valence-electron chi connectivity index (χ1n) is 6.34. The van der Waals surface area contributed by atoms with Gasteiger partial charge in [0.1, 0.15) is 0 Å². The average molecular weight is 336 g/mol. The van der Waals surface area contributed by atoms with E-state index in [1.807, 2.05) is 0 Å². The fourth-order valence-electron chi connectivity index (χ4n) is 2.41. The fraction of sp³-hybridized carbons (Fsp3) is 0.500. The molecule has 0 radical (unpaired) electrons. The monoisotopic (exact) mass is 335 g/mol. The van der Waals surface area contributed by atoms with E-state index >= 15 is 0 Å². The molecule has 0 saturated carbocycles. The maximum absolute atomic E-state index is 12.6. The van der Waals surface area contributed by atoms with E-state index in [0.29, 0.717) is 13.0 Å². The van der Waals surface area contributed by atoms with Crippen molar-refractivity contribution in [3.8, 4) is 0 Å². The largest absolute Gasteiger partial charge is 0.327 e. The molecule has 0 aromatic heterocycles. The lowest BCUT2D eigenvalue weighted by molar-refractivity contribution is -0.385. The topological polar surface area (TPSA) is 107 Å². The van der Waals surface area contributed by atoms with Crippen LogP contribution < -0.4 is 5.73 Å². The molecule has 1 fully saturated rings. The number of sulfonamides is 1. The zero-order valence-electron chi connectivity index (χ0n) is 11.6. The lowest BCUT2D eigenvalue weighted by Gasteiger charge is -2.30. The normalized spacial score (nSPS) is 19.8. The Hall–Kier alpha value is -1.22. The number of nitro benzene ring substituents is 1. The summed E-state index contributed by atoms with van der Waals surface area (Å²) in [6, 6.07) is 3.91. The maximum atomic E-state index is 12.6. The van der Waals surface area contributed by atoms with Crippen LogP contribution >= 0.6 is 12.4 Å². The van der Waals surface area contributed by atoms with Crippen molar-refractivity contribution in [1.29, 1.82) is 0 Å². The van der Waals surface area contributed by atoms with Gasteiger partial charge in [-0.3, -0.25) is 10.1 Å². The summed E-state index contributed by atoms with van der Waals surface area (Å²) in [6.45, 7) is 2.11. The van der Waals surface area contributed by atoms with Crippen molar-refractivity contribution in [2.45, 2.75) is 30.7 Å². The van der Waals surface area contributed by atoms with E-state index in [0.717, 1.165) is 6.42 Å². The van der Waals surface area contributed by atoms with Gasteiger partial charge in [0.05, 0.1) is 9.82 Å². The third-order valence-corrected chi connectivity index (χ3v) is 5.50. The van der Waals surface area contributed by atoms with Gasteiger partial charge in [0, 0.05) is 30.8 Å². The van der Waals surface area contributed by atoms with Gasteiger partial charge >= 0.3 is 0 Å². The Morgan fingerprint density at radius 2 is 2.10 bits per heavy atom. The van der Waals surface area contributed by atoms with Crippen molar-refractivity contribution in [2.24, 2.45) is 5.73 Å². The van der Waals surface area contributed by atoms with Crippen molar-refractivity contribution in [3.63, 3.8) is 0 Å². The van der Waals surface area contributed by atoms with Crippen molar-refractivity contribution in [1.82, 2.24) is 4.31 Å². The molecule has 0 bridgehead atoms. The predicted molar refractivity (Wildman–Crippen MR) is 81.0 cm³/mol. The number of hydrogen-bond acceptors (Lipinski definition) is 5. The van der Waals surface area contributed by atoms with Crippen LogP contribution in [0, 0.1) is 17.0 Å². The van der Waals surface area contributed by atoms with Gasteiger partial charge in [-0.2, -0.15) is 4.31 Å². The molecule has 118 valence electrons. The Bertz CT molecular complexity index is 635. The fourth-order valence-corrected chi connectivity index (χ4v) is 4.19. The molecule has 1 aromatic rings. The number of piperidine rings is 1. The highest BCUT2D eigenvalue weighted by atomic mass is 35.5. The molecule has 1 saturated heterocycles. The Morgan fingerprint density at radius 3 is 2.67 bits per heavy atom. The minimum Gasteiger partial charge on any atom is -0.327 e. The molecule has 1 atom stereocenters. The van der Waals surface area contributed by atoms with Crippen LogP contribution in [-0.2, 0) is 10.0 Å². The molecular weight excluding hydrogens is 318 g/mol. The molecule has 1 heterocycles. The molecule has 7 nitrogen and oxygen atoms in total. The van der Waals surface area contributed by atoms with Gasteiger partial charge in [-0.25, -0.2) is 8.42 Å². The summed E-state index contributed by atoms with van der Waals surface area (Å²) in [4.78, 5) is 10.3. The summed E-state index contributed by atoms with van der Waals surface area (Å²) in [6.07, 6.45) is 1.49. The zero-order chi connectivity index (χ0) is 14.9. The molecule has 0 aliphatic carbocycles. The SMILES string of the molecule is Cc1c([N+](=O)[O-])cccc1S(=O)(=O)N1CCCC(N)C1.Cl. The number of hydrogen-bond donors (Lipinski definition) is 1. The molecule has 0 amide bonds. The second kappa shape index (κ2) is 6.69. The number of nitrogens with zero attached hydrogens (tertiary/aromatic N) is 2. The quantitative estimate of drug-likeness (QED) is 0.664. The summed E-state index contributed by atoms with van der Waals surface area (Å²) in [5, 5.41) is 10.9. The number of benzene rings is 1. The Morgan fingerprint density at radius 1 is 1.43 bits per heavy atom. The van der Waals surface area contributed by atoms with Crippen LogP contribution in [0.4, 0.5) is 5.69 Å². The van der Waals surface area contributed by atoms with E-state index in [-0.39, 0.29) is 41.1 Å². The van der Waals surface area contributed by atoms with E-state index in [2.05, 4.69) is 0 Å². The van der Waals surface area contributed by atoms with Crippen LogP contribution in [0.1, 0.15) is 18.4 Å². The Balaban J connectivity index is 0.00000220. The van der Waals surface area contributed by atoms with Crippen LogP contribution in [0.3, 0.4) is 0 Å². The van der Waals surface area contributed by atoms with Gasteiger partial charge in [-0.1, -0.05) is 6.07 Å². The van der Waals surface area contributed by atoms with Gasteiger partial charge in [0.25, 0.3) is 5.69 Å². The smallest absolute Gasteiger partial charge is 0.273 e. The third kappa shape index (κ3) is 3.52.